The summed E-state index contributed by atoms with van der Waals surface area (Å²) in [5.74, 6) is 0. The van der Waals surface area contributed by atoms with E-state index in [4.69, 9.17) is 5.73 Å². The van der Waals surface area contributed by atoms with E-state index < -0.39 is 0 Å². The molecule has 14 heavy (non-hydrogen) atoms. The Kier molecular flexibility index (Phi) is 4.85. The van der Waals surface area contributed by atoms with Gasteiger partial charge in [0, 0.05) is 25.2 Å². The topological polar surface area (TPSA) is 32.5 Å². The maximum Gasteiger partial charge on any atom is 0.0219 e. The summed E-state index contributed by atoms with van der Waals surface area (Å²) in [6.45, 7) is 9.22. The highest BCUT2D eigenvalue weighted by atomic mass is 15.2. The van der Waals surface area contributed by atoms with Crippen molar-refractivity contribution >= 4 is 0 Å². The molecule has 0 radical (unpaired) electrons. The first-order valence-corrected chi connectivity index (χ1v) is 5.83. The molecule has 1 rings (SSSR count). The van der Waals surface area contributed by atoms with Crippen molar-refractivity contribution in [2.24, 2.45) is 5.73 Å². The normalized spacial score (nSPS) is 25.7. The van der Waals surface area contributed by atoms with Gasteiger partial charge in [-0.25, -0.2) is 0 Å². The van der Waals surface area contributed by atoms with Crippen molar-refractivity contribution in [3.05, 3.63) is 0 Å². The van der Waals surface area contributed by atoms with Crippen LogP contribution in [0.5, 0.6) is 0 Å². The van der Waals surface area contributed by atoms with Crippen LogP contribution in [0.2, 0.25) is 0 Å². The molecule has 1 fully saturated rings. The molecule has 2 unspecified atom stereocenters. The third-order valence-corrected chi connectivity index (χ3v) is 3.42. The Morgan fingerprint density at radius 2 is 1.93 bits per heavy atom. The molecule has 3 nitrogen and oxygen atoms in total. The fourth-order valence-corrected chi connectivity index (χ4v) is 2.09. The van der Waals surface area contributed by atoms with Gasteiger partial charge in [0.2, 0.25) is 0 Å². The van der Waals surface area contributed by atoms with E-state index in [1.54, 1.807) is 0 Å². The second kappa shape index (κ2) is 5.69. The molecule has 0 spiro atoms. The summed E-state index contributed by atoms with van der Waals surface area (Å²) in [7, 11) is 2.20. The lowest BCUT2D eigenvalue weighted by Crippen LogP contribution is -2.46. The lowest BCUT2D eigenvalue weighted by molar-refractivity contribution is 0.187. The fourth-order valence-electron chi connectivity index (χ4n) is 2.09. The Hall–Kier alpha value is -0.120. The van der Waals surface area contributed by atoms with Gasteiger partial charge in [0.25, 0.3) is 0 Å². The van der Waals surface area contributed by atoms with Crippen LogP contribution in [-0.4, -0.2) is 55.1 Å². The Labute approximate surface area is 88.2 Å². The van der Waals surface area contributed by atoms with Crippen molar-refractivity contribution in [1.82, 2.24) is 9.80 Å². The molecule has 0 amide bonds. The van der Waals surface area contributed by atoms with E-state index in [2.05, 4.69) is 30.7 Å². The quantitative estimate of drug-likeness (QED) is 0.728. The molecule has 1 aliphatic rings. The fraction of sp³-hybridized carbons (Fsp3) is 1.00. The van der Waals surface area contributed by atoms with Gasteiger partial charge >= 0.3 is 0 Å². The summed E-state index contributed by atoms with van der Waals surface area (Å²) < 4.78 is 0. The highest BCUT2D eigenvalue weighted by Gasteiger charge is 2.21. The molecule has 0 saturated carbocycles. The number of nitrogens with zero attached hydrogens (tertiary/aromatic N) is 2. The molecule has 0 aromatic rings. The molecule has 1 heterocycles. The van der Waals surface area contributed by atoms with Gasteiger partial charge in [-0.1, -0.05) is 6.92 Å². The molecule has 0 bridgehead atoms. The van der Waals surface area contributed by atoms with Crippen molar-refractivity contribution in [3.8, 4) is 0 Å². The van der Waals surface area contributed by atoms with E-state index in [1.165, 1.54) is 32.6 Å². The van der Waals surface area contributed by atoms with Crippen LogP contribution in [-0.2, 0) is 0 Å². The van der Waals surface area contributed by atoms with Crippen LogP contribution in [0.4, 0.5) is 0 Å². The predicted octanol–water partition coefficient (Wildman–Crippen LogP) is 0.750. The zero-order valence-electron chi connectivity index (χ0n) is 9.87. The Morgan fingerprint density at radius 3 is 2.57 bits per heavy atom. The van der Waals surface area contributed by atoms with E-state index in [1.807, 2.05) is 0 Å². The molecular weight excluding hydrogens is 174 g/mol. The van der Waals surface area contributed by atoms with Gasteiger partial charge in [0.05, 0.1) is 0 Å². The molecular formula is C11H25N3. The predicted molar refractivity (Wildman–Crippen MR) is 61.4 cm³/mol. The summed E-state index contributed by atoms with van der Waals surface area (Å²) in [4.78, 5) is 4.95. The van der Waals surface area contributed by atoms with E-state index in [-0.39, 0.29) is 0 Å². The maximum absolute atomic E-state index is 6.08. The second-order valence-corrected chi connectivity index (χ2v) is 4.51. The van der Waals surface area contributed by atoms with Crippen molar-refractivity contribution in [2.45, 2.75) is 38.8 Å². The lowest BCUT2D eigenvalue weighted by atomic mass is 10.1. The highest BCUT2D eigenvalue weighted by Crippen LogP contribution is 2.09. The molecule has 1 aliphatic heterocycles. The summed E-state index contributed by atoms with van der Waals surface area (Å²) >= 11 is 0. The lowest BCUT2D eigenvalue weighted by Gasteiger charge is -2.31. The van der Waals surface area contributed by atoms with Gasteiger partial charge in [-0.15, -0.1) is 0 Å². The summed E-state index contributed by atoms with van der Waals surface area (Å²) in [5.41, 5.74) is 6.08. The van der Waals surface area contributed by atoms with Crippen LogP contribution in [0, 0.1) is 0 Å². The van der Waals surface area contributed by atoms with Gasteiger partial charge in [-0.05, 0) is 39.9 Å². The monoisotopic (exact) mass is 199 g/mol. The second-order valence-electron chi connectivity index (χ2n) is 4.51. The Balaban J connectivity index is 2.42. The summed E-state index contributed by atoms with van der Waals surface area (Å²) in [6, 6.07) is 0.866. The highest BCUT2D eigenvalue weighted by molar-refractivity contribution is 4.79. The molecule has 0 aliphatic carbocycles. The molecule has 3 heteroatoms. The zero-order chi connectivity index (χ0) is 10.6. The third-order valence-electron chi connectivity index (χ3n) is 3.42. The van der Waals surface area contributed by atoms with Crippen LogP contribution >= 0.6 is 0 Å². The molecule has 2 N–H and O–H groups in total. The van der Waals surface area contributed by atoms with Crippen molar-refractivity contribution < 1.29 is 0 Å². The van der Waals surface area contributed by atoms with Crippen LogP contribution < -0.4 is 5.73 Å². The van der Waals surface area contributed by atoms with E-state index in [9.17, 15) is 0 Å². The number of likely N-dealkylation sites (N-methyl/N-ethyl adjacent to an activating group) is 1. The minimum atomic E-state index is 0.332. The van der Waals surface area contributed by atoms with Gasteiger partial charge in [0.15, 0.2) is 0 Å². The van der Waals surface area contributed by atoms with Crippen LogP contribution in [0.3, 0.4) is 0 Å². The average molecular weight is 199 g/mol. The minimum absolute atomic E-state index is 0.332. The number of hydrogen-bond acceptors (Lipinski definition) is 3. The van der Waals surface area contributed by atoms with Crippen molar-refractivity contribution in [1.29, 1.82) is 0 Å². The molecule has 0 aromatic heterocycles. The van der Waals surface area contributed by atoms with E-state index in [0.717, 1.165) is 6.42 Å². The molecule has 2 atom stereocenters. The van der Waals surface area contributed by atoms with Crippen molar-refractivity contribution in [2.75, 3.05) is 33.2 Å². The first kappa shape index (κ1) is 12.0. The summed E-state index contributed by atoms with van der Waals surface area (Å²) in [6.07, 6.45) is 2.35. The van der Waals surface area contributed by atoms with Gasteiger partial charge in [-0.3, -0.25) is 4.90 Å². The molecule has 84 valence electrons. The van der Waals surface area contributed by atoms with Gasteiger partial charge < -0.3 is 10.6 Å². The third kappa shape index (κ3) is 3.23. The first-order valence-electron chi connectivity index (χ1n) is 5.83. The number of rotatable bonds is 3. The minimum Gasteiger partial charge on any atom is -0.326 e. The van der Waals surface area contributed by atoms with Crippen LogP contribution in [0.1, 0.15) is 26.7 Å². The van der Waals surface area contributed by atoms with Crippen LogP contribution in [0.15, 0.2) is 0 Å². The molecule has 0 aromatic carbocycles. The van der Waals surface area contributed by atoms with E-state index in [0.29, 0.717) is 12.1 Å². The first-order chi connectivity index (χ1) is 6.65. The SMILES string of the molecule is CCC(N)C(C)N1CCCN(C)CC1. The smallest absolute Gasteiger partial charge is 0.0219 e. The largest absolute Gasteiger partial charge is 0.326 e. The average Bonchev–Trinajstić information content (AvgIpc) is 2.40. The van der Waals surface area contributed by atoms with E-state index >= 15 is 0 Å². The maximum atomic E-state index is 6.08. The summed E-state index contributed by atoms with van der Waals surface area (Å²) in [5, 5.41) is 0. The standard InChI is InChI=1S/C11H25N3/c1-4-11(12)10(2)14-7-5-6-13(3)8-9-14/h10-11H,4-9,12H2,1-3H3. The van der Waals surface area contributed by atoms with Crippen LogP contribution in [0.25, 0.3) is 0 Å². The number of hydrogen-bond donors (Lipinski definition) is 1. The molecule has 1 saturated heterocycles. The Bertz CT molecular complexity index is 161. The van der Waals surface area contributed by atoms with Gasteiger partial charge in [0.1, 0.15) is 0 Å². The Morgan fingerprint density at radius 1 is 1.21 bits per heavy atom. The number of nitrogens with two attached hydrogens (primary N) is 1. The zero-order valence-corrected chi connectivity index (χ0v) is 9.87. The van der Waals surface area contributed by atoms with Gasteiger partial charge in [-0.2, -0.15) is 0 Å². The van der Waals surface area contributed by atoms with Crippen molar-refractivity contribution in [3.63, 3.8) is 0 Å².